The quantitative estimate of drug-likeness (QED) is 0.758. The number of aromatic nitrogens is 1. The fourth-order valence-electron chi connectivity index (χ4n) is 1.27. The van der Waals surface area contributed by atoms with Crippen molar-refractivity contribution >= 4 is 17.6 Å². The monoisotopic (exact) mass is 291 g/mol. The Morgan fingerprint density at radius 1 is 1.40 bits per heavy atom. The van der Waals surface area contributed by atoms with Gasteiger partial charge in [-0.25, -0.2) is 4.79 Å². The van der Waals surface area contributed by atoms with Gasteiger partial charge >= 0.3 is 12.1 Å². The summed E-state index contributed by atoms with van der Waals surface area (Å²) < 4.78 is 38.0. The molecule has 0 spiro atoms. The Bertz CT molecular complexity index is 516. The van der Waals surface area contributed by atoms with E-state index in [4.69, 9.17) is 10.8 Å². The van der Waals surface area contributed by atoms with Crippen LogP contribution in [0, 0.1) is 0 Å². The molecular weight excluding hydrogens is 279 g/mol. The fraction of sp³-hybridized carbons (Fsp3) is 0.364. The molecule has 1 aromatic heterocycles. The van der Waals surface area contributed by atoms with Crippen LogP contribution in [0.3, 0.4) is 0 Å². The van der Waals surface area contributed by atoms with Crippen LogP contribution in [0.25, 0.3) is 0 Å². The maximum absolute atomic E-state index is 12.7. The third-order valence-corrected chi connectivity index (χ3v) is 2.57. The number of halogens is 3. The molecule has 1 amide bonds. The molecule has 1 unspecified atom stereocenters. The van der Waals surface area contributed by atoms with Crippen molar-refractivity contribution in [3.63, 3.8) is 0 Å². The van der Waals surface area contributed by atoms with Crippen molar-refractivity contribution in [1.82, 2.24) is 10.3 Å². The number of nitrogens with zero attached hydrogens (tertiary/aromatic N) is 1. The van der Waals surface area contributed by atoms with Crippen molar-refractivity contribution in [2.75, 3.05) is 5.73 Å². The number of nitrogens with two attached hydrogens (primary N) is 1. The van der Waals surface area contributed by atoms with Gasteiger partial charge in [-0.3, -0.25) is 9.78 Å². The van der Waals surface area contributed by atoms with Gasteiger partial charge in [0.25, 0.3) is 0 Å². The smallest absolute Gasteiger partial charge is 0.422 e. The number of hydrogen-bond acceptors (Lipinski definition) is 4. The van der Waals surface area contributed by atoms with Gasteiger partial charge in [-0.05, 0) is 19.1 Å². The van der Waals surface area contributed by atoms with Gasteiger partial charge in [-0.1, -0.05) is 0 Å². The summed E-state index contributed by atoms with van der Waals surface area (Å²) in [5.74, 6) is -3.30. The van der Waals surface area contributed by atoms with Gasteiger partial charge in [0.15, 0.2) is 0 Å². The molecule has 4 N–H and O–H groups in total. The minimum Gasteiger partial charge on any atom is -0.479 e. The molecule has 0 saturated heterocycles. The molecule has 1 heterocycles. The average molecular weight is 291 g/mol. The molecule has 0 aliphatic rings. The van der Waals surface area contributed by atoms with Crippen LogP contribution in [-0.4, -0.2) is 33.7 Å². The van der Waals surface area contributed by atoms with Crippen molar-refractivity contribution in [3.05, 3.63) is 24.0 Å². The standard InChI is InChI=1S/C11H12F3N3O3/c1-10(9(19)20,11(12,13)14)17-8(18)4-7-3-2-6(15)5-16-7/h2-3,5H,4,15H2,1H3,(H,17,18)(H,19,20). The highest BCUT2D eigenvalue weighted by Crippen LogP contribution is 2.30. The number of nitrogens with one attached hydrogen (secondary N) is 1. The van der Waals surface area contributed by atoms with E-state index in [0.717, 1.165) is 0 Å². The molecule has 9 heteroatoms. The van der Waals surface area contributed by atoms with Crippen LogP contribution in [0.5, 0.6) is 0 Å². The van der Waals surface area contributed by atoms with Crippen LogP contribution < -0.4 is 11.1 Å². The van der Waals surface area contributed by atoms with Crippen LogP contribution in [0.1, 0.15) is 12.6 Å². The van der Waals surface area contributed by atoms with Gasteiger partial charge in [0.05, 0.1) is 18.3 Å². The van der Waals surface area contributed by atoms with Gasteiger partial charge in [-0.15, -0.1) is 0 Å². The zero-order chi connectivity index (χ0) is 15.6. The maximum atomic E-state index is 12.7. The first-order valence-electron chi connectivity index (χ1n) is 5.38. The van der Waals surface area contributed by atoms with Crippen molar-refractivity contribution in [2.24, 2.45) is 0 Å². The van der Waals surface area contributed by atoms with Crippen LogP contribution in [0.2, 0.25) is 0 Å². The molecule has 1 atom stereocenters. The van der Waals surface area contributed by atoms with E-state index in [2.05, 4.69) is 4.98 Å². The second-order valence-electron chi connectivity index (χ2n) is 4.24. The molecule has 1 aromatic rings. The number of carbonyl (C=O) groups is 2. The average Bonchev–Trinajstić information content (AvgIpc) is 2.30. The molecule has 0 radical (unpaired) electrons. The Labute approximate surface area is 111 Å². The summed E-state index contributed by atoms with van der Waals surface area (Å²) in [5.41, 5.74) is 2.52. The van der Waals surface area contributed by atoms with Gasteiger partial charge < -0.3 is 16.2 Å². The van der Waals surface area contributed by atoms with Crippen molar-refractivity contribution < 1.29 is 27.9 Å². The second-order valence-corrected chi connectivity index (χ2v) is 4.24. The Balaban J connectivity index is 2.83. The van der Waals surface area contributed by atoms with E-state index in [0.29, 0.717) is 12.6 Å². The first-order chi connectivity index (χ1) is 9.06. The fourth-order valence-corrected chi connectivity index (χ4v) is 1.27. The summed E-state index contributed by atoms with van der Waals surface area (Å²) in [7, 11) is 0. The van der Waals surface area contributed by atoms with Crippen molar-refractivity contribution in [3.8, 4) is 0 Å². The second kappa shape index (κ2) is 5.35. The third kappa shape index (κ3) is 3.37. The number of alkyl halides is 3. The zero-order valence-electron chi connectivity index (χ0n) is 10.4. The Morgan fingerprint density at radius 3 is 2.40 bits per heavy atom. The topological polar surface area (TPSA) is 105 Å². The highest BCUT2D eigenvalue weighted by Gasteiger charge is 2.58. The number of anilines is 1. The molecule has 20 heavy (non-hydrogen) atoms. The molecule has 0 saturated carbocycles. The lowest BCUT2D eigenvalue weighted by atomic mass is 10.0. The van der Waals surface area contributed by atoms with Crippen molar-refractivity contribution in [2.45, 2.75) is 25.1 Å². The van der Waals surface area contributed by atoms with E-state index in [9.17, 15) is 22.8 Å². The molecule has 0 bridgehead atoms. The first kappa shape index (κ1) is 15.7. The molecule has 0 fully saturated rings. The Morgan fingerprint density at radius 2 is 2.00 bits per heavy atom. The Kier molecular flexibility index (Phi) is 4.21. The molecular formula is C11H12F3N3O3. The lowest BCUT2D eigenvalue weighted by Gasteiger charge is -2.28. The summed E-state index contributed by atoms with van der Waals surface area (Å²) in [4.78, 5) is 26.0. The minimum atomic E-state index is -5.12. The van der Waals surface area contributed by atoms with Crippen LogP contribution >= 0.6 is 0 Å². The number of carboxylic acid groups (broad SMARTS) is 1. The third-order valence-electron chi connectivity index (χ3n) is 2.57. The predicted molar refractivity (Wildman–Crippen MR) is 62.6 cm³/mol. The highest BCUT2D eigenvalue weighted by atomic mass is 19.4. The number of rotatable bonds is 4. The van der Waals surface area contributed by atoms with Crippen molar-refractivity contribution in [1.29, 1.82) is 0 Å². The lowest BCUT2D eigenvalue weighted by Crippen LogP contribution is -2.62. The molecule has 0 aliphatic heterocycles. The predicted octanol–water partition coefficient (Wildman–Crippen LogP) is 0.728. The molecule has 0 aliphatic carbocycles. The summed E-state index contributed by atoms with van der Waals surface area (Å²) >= 11 is 0. The normalized spacial score (nSPS) is 14.4. The number of amides is 1. The van der Waals surface area contributed by atoms with Gasteiger partial charge in [-0.2, -0.15) is 13.2 Å². The van der Waals surface area contributed by atoms with Gasteiger partial charge in [0, 0.05) is 5.69 Å². The number of hydrogen-bond donors (Lipinski definition) is 3. The summed E-state index contributed by atoms with van der Waals surface area (Å²) in [6.07, 6.45) is -4.37. The summed E-state index contributed by atoms with van der Waals surface area (Å²) in [6, 6.07) is 2.79. The van der Waals surface area contributed by atoms with Gasteiger partial charge in [0.2, 0.25) is 11.4 Å². The van der Waals surface area contributed by atoms with E-state index in [1.807, 2.05) is 0 Å². The highest BCUT2D eigenvalue weighted by molar-refractivity contribution is 5.88. The molecule has 0 aromatic carbocycles. The zero-order valence-corrected chi connectivity index (χ0v) is 10.4. The van der Waals surface area contributed by atoms with Crippen LogP contribution in [0.15, 0.2) is 18.3 Å². The minimum absolute atomic E-state index is 0.173. The number of pyridine rings is 1. The van der Waals surface area contributed by atoms with E-state index in [-0.39, 0.29) is 5.69 Å². The van der Waals surface area contributed by atoms with E-state index < -0.39 is 30.0 Å². The summed E-state index contributed by atoms with van der Waals surface area (Å²) in [5, 5.41) is 10.1. The summed E-state index contributed by atoms with van der Waals surface area (Å²) in [6.45, 7) is 0.379. The van der Waals surface area contributed by atoms with Crippen LogP contribution in [-0.2, 0) is 16.0 Å². The first-order valence-corrected chi connectivity index (χ1v) is 5.38. The largest absolute Gasteiger partial charge is 0.479 e. The number of nitrogen functional groups attached to an aromatic ring is 1. The number of aliphatic carboxylic acids is 1. The van der Waals surface area contributed by atoms with Gasteiger partial charge in [0.1, 0.15) is 0 Å². The Hall–Kier alpha value is -2.32. The SMILES string of the molecule is CC(NC(=O)Cc1ccc(N)cn1)(C(=O)O)C(F)(F)F. The molecule has 1 rings (SSSR count). The van der Waals surface area contributed by atoms with E-state index in [1.165, 1.54) is 23.6 Å². The molecule has 6 nitrogen and oxygen atoms in total. The number of carbonyl (C=O) groups excluding carboxylic acids is 1. The van der Waals surface area contributed by atoms with Crippen LogP contribution in [0.4, 0.5) is 18.9 Å². The van der Waals surface area contributed by atoms with E-state index >= 15 is 0 Å². The van der Waals surface area contributed by atoms with E-state index in [1.54, 1.807) is 0 Å². The lowest BCUT2D eigenvalue weighted by molar-refractivity contribution is -0.206. The maximum Gasteiger partial charge on any atom is 0.422 e. The molecule has 110 valence electrons. The number of carboxylic acids is 1.